The van der Waals surface area contributed by atoms with Gasteiger partial charge in [0.25, 0.3) is 11.6 Å². The Morgan fingerprint density at radius 3 is 2.50 bits per heavy atom. The van der Waals surface area contributed by atoms with E-state index in [1.807, 2.05) is 12.1 Å². The molecule has 0 fully saturated rings. The molecule has 3 rings (SSSR count). The van der Waals surface area contributed by atoms with E-state index >= 15 is 0 Å². The monoisotopic (exact) mass is 527 g/mol. The highest BCUT2D eigenvalue weighted by Crippen LogP contribution is 2.38. The van der Waals surface area contributed by atoms with Crippen LogP contribution in [0.25, 0.3) is 6.08 Å². The van der Waals surface area contributed by atoms with E-state index < -0.39 is 10.8 Å². The van der Waals surface area contributed by atoms with E-state index in [1.165, 1.54) is 44.6 Å². The van der Waals surface area contributed by atoms with Crippen molar-refractivity contribution in [2.75, 3.05) is 19.5 Å². The van der Waals surface area contributed by atoms with E-state index in [0.29, 0.717) is 10.6 Å². The van der Waals surface area contributed by atoms with Crippen molar-refractivity contribution in [3.8, 4) is 23.3 Å². The van der Waals surface area contributed by atoms with Crippen LogP contribution >= 0.6 is 23.2 Å². The molecule has 0 aliphatic heterocycles. The zero-order valence-electron chi connectivity index (χ0n) is 19.1. The lowest BCUT2D eigenvalue weighted by Crippen LogP contribution is -2.14. The van der Waals surface area contributed by atoms with Crippen molar-refractivity contribution >= 4 is 46.6 Å². The number of nitrogens with zero attached hydrogens (tertiary/aromatic N) is 2. The fourth-order valence-corrected chi connectivity index (χ4v) is 3.59. The number of carbonyl (C=O) groups excluding carboxylic acids is 1. The first kappa shape index (κ1) is 26.3. The molecular formula is C25H19Cl2N3O6. The standard InChI is InChI=1S/C25H19Cl2N3O6/c1-34-18-7-8-21(22(12-18)30(32)33)29-25(31)17(13-28)9-15-10-20(27)24(23(11-15)35-2)36-14-16-5-3-4-6-19(16)26/h3-12H,14H2,1-2H3,(H,29,31)/b17-9+. The summed E-state index contributed by atoms with van der Waals surface area (Å²) in [6.45, 7) is 0.136. The zero-order chi connectivity index (χ0) is 26.2. The summed E-state index contributed by atoms with van der Waals surface area (Å²) < 4.78 is 16.2. The van der Waals surface area contributed by atoms with Gasteiger partial charge in [-0.2, -0.15) is 5.26 Å². The summed E-state index contributed by atoms with van der Waals surface area (Å²) in [7, 11) is 2.78. The number of halogens is 2. The summed E-state index contributed by atoms with van der Waals surface area (Å²) in [5.41, 5.74) is 0.328. The average molecular weight is 528 g/mol. The molecule has 0 saturated carbocycles. The molecule has 0 radical (unpaired) electrons. The van der Waals surface area contributed by atoms with Crippen LogP contribution in [0.2, 0.25) is 10.0 Å². The summed E-state index contributed by atoms with van der Waals surface area (Å²) in [6, 6.07) is 15.9. The summed E-state index contributed by atoms with van der Waals surface area (Å²) in [5.74, 6) is -0.0772. The van der Waals surface area contributed by atoms with Crippen LogP contribution in [0.3, 0.4) is 0 Å². The molecule has 0 unspecified atom stereocenters. The van der Waals surface area contributed by atoms with Gasteiger partial charge in [0, 0.05) is 10.6 Å². The van der Waals surface area contributed by atoms with Gasteiger partial charge in [-0.1, -0.05) is 41.4 Å². The molecule has 0 bridgehead atoms. The number of hydrogen-bond acceptors (Lipinski definition) is 7. The molecule has 184 valence electrons. The van der Waals surface area contributed by atoms with Crippen molar-refractivity contribution in [3.05, 3.63) is 91.5 Å². The third kappa shape index (κ3) is 6.24. The Hall–Kier alpha value is -4.26. The first-order chi connectivity index (χ1) is 17.3. The highest BCUT2D eigenvalue weighted by atomic mass is 35.5. The van der Waals surface area contributed by atoms with Crippen molar-refractivity contribution in [2.24, 2.45) is 0 Å². The normalized spacial score (nSPS) is 10.8. The topological polar surface area (TPSA) is 124 Å². The fraction of sp³-hybridized carbons (Fsp3) is 0.120. The minimum Gasteiger partial charge on any atom is -0.496 e. The lowest BCUT2D eigenvalue weighted by molar-refractivity contribution is -0.384. The lowest BCUT2D eigenvalue weighted by Gasteiger charge is -2.14. The highest BCUT2D eigenvalue weighted by molar-refractivity contribution is 6.32. The molecule has 0 aromatic heterocycles. The molecule has 36 heavy (non-hydrogen) atoms. The van der Waals surface area contributed by atoms with E-state index in [0.717, 1.165) is 11.6 Å². The molecule has 11 heteroatoms. The zero-order valence-corrected chi connectivity index (χ0v) is 20.6. The minimum atomic E-state index is -0.847. The van der Waals surface area contributed by atoms with Crippen LogP contribution in [-0.2, 0) is 11.4 Å². The van der Waals surface area contributed by atoms with Gasteiger partial charge in [-0.3, -0.25) is 14.9 Å². The number of hydrogen-bond donors (Lipinski definition) is 1. The van der Waals surface area contributed by atoms with Crippen LogP contribution < -0.4 is 19.5 Å². The van der Waals surface area contributed by atoms with Gasteiger partial charge in [-0.25, -0.2) is 0 Å². The number of benzene rings is 3. The molecule has 3 aromatic carbocycles. The van der Waals surface area contributed by atoms with Gasteiger partial charge in [-0.15, -0.1) is 0 Å². The molecule has 0 saturated heterocycles. The van der Waals surface area contributed by atoms with Crippen LogP contribution in [0.4, 0.5) is 11.4 Å². The number of anilines is 1. The van der Waals surface area contributed by atoms with E-state index in [2.05, 4.69) is 5.32 Å². The number of nitro groups is 1. The Bertz CT molecular complexity index is 1380. The molecule has 0 aliphatic carbocycles. The molecule has 1 amide bonds. The summed E-state index contributed by atoms with van der Waals surface area (Å²) >= 11 is 12.6. The third-order valence-electron chi connectivity index (χ3n) is 4.91. The quantitative estimate of drug-likeness (QED) is 0.155. The van der Waals surface area contributed by atoms with E-state index in [1.54, 1.807) is 18.2 Å². The first-order valence-corrected chi connectivity index (χ1v) is 11.0. The van der Waals surface area contributed by atoms with Crippen LogP contribution in [0.5, 0.6) is 17.2 Å². The molecular weight excluding hydrogens is 509 g/mol. The molecule has 0 heterocycles. The maximum Gasteiger partial charge on any atom is 0.296 e. The summed E-state index contributed by atoms with van der Waals surface area (Å²) in [4.78, 5) is 23.4. The number of amides is 1. The minimum absolute atomic E-state index is 0.0918. The molecule has 1 N–H and O–H groups in total. The van der Waals surface area contributed by atoms with Crippen LogP contribution in [-0.4, -0.2) is 25.1 Å². The van der Waals surface area contributed by atoms with Gasteiger partial charge in [0.15, 0.2) is 11.5 Å². The second-order valence-electron chi connectivity index (χ2n) is 7.18. The predicted molar refractivity (Wildman–Crippen MR) is 136 cm³/mol. The van der Waals surface area contributed by atoms with E-state index in [4.69, 9.17) is 37.4 Å². The molecule has 0 aliphatic rings. The van der Waals surface area contributed by atoms with Crippen molar-refractivity contribution in [1.82, 2.24) is 0 Å². The Morgan fingerprint density at radius 2 is 1.86 bits per heavy atom. The van der Waals surface area contributed by atoms with Crippen molar-refractivity contribution in [2.45, 2.75) is 6.61 Å². The average Bonchev–Trinajstić information content (AvgIpc) is 2.87. The Kier molecular flexibility index (Phi) is 8.73. The smallest absolute Gasteiger partial charge is 0.296 e. The molecule has 0 spiro atoms. The van der Waals surface area contributed by atoms with Crippen molar-refractivity contribution in [1.29, 1.82) is 5.26 Å². The number of nitriles is 1. The second-order valence-corrected chi connectivity index (χ2v) is 7.99. The van der Waals surface area contributed by atoms with Gasteiger partial charge >= 0.3 is 0 Å². The number of carbonyl (C=O) groups is 1. The Morgan fingerprint density at radius 1 is 1.11 bits per heavy atom. The lowest BCUT2D eigenvalue weighted by atomic mass is 10.1. The Labute approximate surface area is 216 Å². The molecule has 9 nitrogen and oxygen atoms in total. The maximum atomic E-state index is 12.7. The first-order valence-electron chi connectivity index (χ1n) is 10.3. The van der Waals surface area contributed by atoms with Crippen LogP contribution in [0, 0.1) is 21.4 Å². The number of ether oxygens (including phenoxy) is 3. The van der Waals surface area contributed by atoms with Gasteiger partial charge < -0.3 is 19.5 Å². The van der Waals surface area contributed by atoms with Gasteiger partial charge in [0.05, 0.1) is 30.2 Å². The fourth-order valence-electron chi connectivity index (χ4n) is 3.13. The Balaban J connectivity index is 1.86. The maximum absolute atomic E-state index is 12.7. The van der Waals surface area contributed by atoms with Gasteiger partial charge in [0.2, 0.25) is 0 Å². The predicted octanol–water partition coefficient (Wildman–Crippen LogP) is 6.04. The number of nitro benzene ring substituents is 1. The summed E-state index contributed by atoms with van der Waals surface area (Å²) in [6.07, 6.45) is 1.27. The number of rotatable bonds is 9. The van der Waals surface area contributed by atoms with E-state index in [9.17, 15) is 20.2 Å². The highest BCUT2D eigenvalue weighted by Gasteiger charge is 2.20. The van der Waals surface area contributed by atoms with E-state index in [-0.39, 0.29) is 45.8 Å². The van der Waals surface area contributed by atoms with Crippen molar-refractivity contribution < 1.29 is 23.9 Å². The molecule has 3 aromatic rings. The van der Waals surface area contributed by atoms with Crippen LogP contribution in [0.1, 0.15) is 11.1 Å². The van der Waals surface area contributed by atoms with Gasteiger partial charge in [-0.05, 0) is 42.0 Å². The summed E-state index contributed by atoms with van der Waals surface area (Å²) in [5, 5.41) is 24.0. The second kappa shape index (κ2) is 11.9. The van der Waals surface area contributed by atoms with Crippen molar-refractivity contribution in [3.63, 3.8) is 0 Å². The number of nitrogens with one attached hydrogen (secondary N) is 1. The largest absolute Gasteiger partial charge is 0.496 e. The third-order valence-corrected chi connectivity index (χ3v) is 5.56. The number of methoxy groups -OCH3 is 2. The van der Waals surface area contributed by atoms with Gasteiger partial charge in [0.1, 0.15) is 29.7 Å². The SMILES string of the molecule is COc1ccc(NC(=O)/C(C#N)=C/c2cc(Cl)c(OCc3ccccc3Cl)c(OC)c2)c([N+](=O)[O-])c1. The van der Waals surface area contributed by atoms with Crippen LogP contribution in [0.15, 0.2) is 60.2 Å². The molecule has 0 atom stereocenters.